The van der Waals surface area contributed by atoms with Crippen LogP contribution in [-0.4, -0.2) is 41.4 Å². The van der Waals surface area contributed by atoms with Crippen LogP contribution in [0, 0.1) is 17.7 Å². The Balaban J connectivity index is 1.93. The Hall–Kier alpha value is -2.44. The molecule has 0 heterocycles. The fraction of sp³-hybridized carbons (Fsp3) is 0.526. The Labute approximate surface area is 152 Å². The smallest absolute Gasteiger partial charge is 0.309 e. The minimum absolute atomic E-state index is 0.118. The lowest BCUT2D eigenvalue weighted by molar-refractivity contribution is -0.156. The van der Waals surface area contributed by atoms with Crippen molar-refractivity contribution >= 4 is 23.5 Å². The minimum atomic E-state index is -0.628. The first kappa shape index (κ1) is 19.9. The van der Waals surface area contributed by atoms with Crippen molar-refractivity contribution in [3.8, 4) is 0 Å². The molecule has 0 aromatic heterocycles. The molecule has 1 aliphatic carbocycles. The van der Waals surface area contributed by atoms with Crippen molar-refractivity contribution in [3.05, 3.63) is 30.1 Å². The standard InChI is InChI=1S/C19H25FN2O4/c1-12-9-15(12)18(25)26-11-17(24)22(19(2,3)4)10-16(23)21-14-7-5-13(20)6-8-14/h5-8,12,15H,9-11H2,1-4H3,(H,21,23)/t12-,15+/m0/s1. The molecule has 0 spiro atoms. The molecule has 0 radical (unpaired) electrons. The zero-order valence-corrected chi connectivity index (χ0v) is 15.5. The quantitative estimate of drug-likeness (QED) is 0.787. The van der Waals surface area contributed by atoms with Gasteiger partial charge in [0.25, 0.3) is 5.91 Å². The van der Waals surface area contributed by atoms with Crippen LogP contribution in [0.1, 0.15) is 34.1 Å². The number of hydrogen-bond donors (Lipinski definition) is 1. The lowest BCUT2D eigenvalue weighted by atomic mass is 10.1. The van der Waals surface area contributed by atoms with Crippen molar-refractivity contribution in [1.29, 1.82) is 0 Å². The second-order valence-corrected chi connectivity index (χ2v) is 7.63. The number of anilines is 1. The third kappa shape index (κ3) is 5.54. The van der Waals surface area contributed by atoms with Gasteiger partial charge in [-0.05, 0) is 57.4 Å². The van der Waals surface area contributed by atoms with Gasteiger partial charge in [-0.3, -0.25) is 14.4 Å². The van der Waals surface area contributed by atoms with Gasteiger partial charge in [-0.25, -0.2) is 4.39 Å². The number of rotatable bonds is 6. The summed E-state index contributed by atoms with van der Waals surface area (Å²) in [6.45, 7) is 6.75. The molecule has 2 rings (SSSR count). The number of amides is 2. The summed E-state index contributed by atoms with van der Waals surface area (Å²) < 4.78 is 18.0. The van der Waals surface area contributed by atoms with E-state index in [1.165, 1.54) is 29.2 Å². The van der Waals surface area contributed by atoms with E-state index in [9.17, 15) is 18.8 Å². The van der Waals surface area contributed by atoms with Crippen LogP contribution in [0.25, 0.3) is 0 Å². The minimum Gasteiger partial charge on any atom is -0.455 e. The van der Waals surface area contributed by atoms with Crippen LogP contribution in [0.4, 0.5) is 10.1 Å². The van der Waals surface area contributed by atoms with Gasteiger partial charge in [-0.2, -0.15) is 0 Å². The number of esters is 1. The van der Waals surface area contributed by atoms with Crippen LogP contribution in [0.3, 0.4) is 0 Å². The van der Waals surface area contributed by atoms with E-state index < -0.39 is 23.2 Å². The monoisotopic (exact) mass is 364 g/mol. The van der Waals surface area contributed by atoms with Crippen molar-refractivity contribution in [2.45, 2.75) is 39.7 Å². The summed E-state index contributed by atoms with van der Waals surface area (Å²) >= 11 is 0. The van der Waals surface area contributed by atoms with Crippen LogP contribution < -0.4 is 5.32 Å². The first-order chi connectivity index (χ1) is 12.1. The largest absolute Gasteiger partial charge is 0.455 e. The lowest BCUT2D eigenvalue weighted by Gasteiger charge is -2.35. The average Bonchev–Trinajstić information content (AvgIpc) is 3.28. The second-order valence-electron chi connectivity index (χ2n) is 7.63. The highest BCUT2D eigenvalue weighted by molar-refractivity contribution is 5.95. The highest BCUT2D eigenvalue weighted by Gasteiger charge is 2.41. The summed E-state index contributed by atoms with van der Waals surface area (Å²) in [4.78, 5) is 37.9. The molecule has 2 amide bonds. The summed E-state index contributed by atoms with van der Waals surface area (Å²) in [5.74, 6) is -1.43. The number of benzene rings is 1. The number of carbonyl (C=O) groups excluding carboxylic acids is 3. The van der Waals surface area contributed by atoms with E-state index in [0.717, 1.165) is 6.42 Å². The molecular formula is C19H25FN2O4. The van der Waals surface area contributed by atoms with Gasteiger partial charge in [0, 0.05) is 11.2 Å². The number of carbonyl (C=O) groups is 3. The van der Waals surface area contributed by atoms with Gasteiger partial charge >= 0.3 is 5.97 Å². The maximum absolute atomic E-state index is 12.9. The normalized spacial score (nSPS) is 18.8. The van der Waals surface area contributed by atoms with Crippen molar-refractivity contribution in [2.24, 2.45) is 11.8 Å². The van der Waals surface area contributed by atoms with Gasteiger partial charge in [0.2, 0.25) is 5.91 Å². The van der Waals surface area contributed by atoms with Crippen molar-refractivity contribution in [3.63, 3.8) is 0 Å². The second kappa shape index (κ2) is 7.85. The van der Waals surface area contributed by atoms with E-state index in [1.807, 2.05) is 6.92 Å². The molecule has 1 aliphatic rings. The molecular weight excluding hydrogens is 339 g/mol. The Morgan fingerprint density at radius 2 is 1.81 bits per heavy atom. The molecule has 26 heavy (non-hydrogen) atoms. The molecule has 1 saturated carbocycles. The molecule has 0 saturated heterocycles. The first-order valence-corrected chi connectivity index (χ1v) is 8.60. The molecule has 1 aromatic carbocycles. The molecule has 2 atom stereocenters. The van der Waals surface area contributed by atoms with E-state index in [2.05, 4.69) is 5.32 Å². The van der Waals surface area contributed by atoms with E-state index in [0.29, 0.717) is 11.6 Å². The van der Waals surface area contributed by atoms with Crippen LogP contribution in [0.5, 0.6) is 0 Å². The molecule has 0 bridgehead atoms. The van der Waals surface area contributed by atoms with Gasteiger partial charge in [0.1, 0.15) is 12.4 Å². The zero-order valence-electron chi connectivity index (χ0n) is 15.5. The van der Waals surface area contributed by atoms with Crippen LogP contribution in [-0.2, 0) is 19.1 Å². The van der Waals surface area contributed by atoms with Gasteiger partial charge < -0.3 is 15.0 Å². The number of nitrogens with one attached hydrogen (secondary N) is 1. The molecule has 0 aliphatic heterocycles. The maximum atomic E-state index is 12.9. The van der Waals surface area contributed by atoms with Crippen molar-refractivity contribution in [2.75, 3.05) is 18.5 Å². The lowest BCUT2D eigenvalue weighted by Crippen LogP contribution is -2.50. The number of ether oxygens (including phenoxy) is 1. The van der Waals surface area contributed by atoms with Crippen LogP contribution in [0.2, 0.25) is 0 Å². The maximum Gasteiger partial charge on any atom is 0.309 e. The summed E-state index contributed by atoms with van der Waals surface area (Å²) in [7, 11) is 0. The molecule has 142 valence electrons. The average molecular weight is 364 g/mol. The Kier molecular flexibility index (Phi) is 6.00. The Bertz CT molecular complexity index is 682. The summed E-state index contributed by atoms with van der Waals surface area (Å²) in [6.07, 6.45) is 0.788. The van der Waals surface area contributed by atoms with Crippen LogP contribution in [0.15, 0.2) is 24.3 Å². The predicted octanol–water partition coefficient (Wildman–Crippen LogP) is 2.59. The van der Waals surface area contributed by atoms with Gasteiger partial charge in [-0.1, -0.05) is 6.92 Å². The van der Waals surface area contributed by atoms with Crippen molar-refractivity contribution in [1.82, 2.24) is 4.90 Å². The van der Waals surface area contributed by atoms with E-state index in [1.54, 1.807) is 20.8 Å². The van der Waals surface area contributed by atoms with E-state index in [-0.39, 0.29) is 25.0 Å². The molecule has 1 N–H and O–H groups in total. The van der Waals surface area contributed by atoms with E-state index in [4.69, 9.17) is 4.74 Å². The zero-order chi connectivity index (χ0) is 19.5. The number of nitrogens with zero attached hydrogens (tertiary/aromatic N) is 1. The summed E-state index contributed by atoms with van der Waals surface area (Å²) in [6, 6.07) is 5.35. The summed E-state index contributed by atoms with van der Waals surface area (Å²) in [5.41, 5.74) is -0.192. The molecule has 0 unspecified atom stereocenters. The first-order valence-electron chi connectivity index (χ1n) is 8.60. The third-order valence-corrected chi connectivity index (χ3v) is 4.29. The fourth-order valence-corrected chi connectivity index (χ4v) is 2.55. The Morgan fingerprint density at radius 3 is 2.31 bits per heavy atom. The SMILES string of the molecule is C[C@H]1C[C@H]1C(=O)OCC(=O)N(CC(=O)Nc1ccc(F)cc1)C(C)(C)C. The summed E-state index contributed by atoms with van der Waals surface area (Å²) in [5, 5.41) is 2.62. The highest BCUT2D eigenvalue weighted by Crippen LogP contribution is 2.38. The molecule has 1 aromatic rings. The van der Waals surface area contributed by atoms with Gasteiger partial charge in [0.15, 0.2) is 6.61 Å². The number of hydrogen-bond acceptors (Lipinski definition) is 4. The molecule has 7 heteroatoms. The predicted molar refractivity (Wildman–Crippen MR) is 94.7 cm³/mol. The molecule has 1 fully saturated rings. The fourth-order valence-electron chi connectivity index (χ4n) is 2.55. The van der Waals surface area contributed by atoms with Gasteiger partial charge in [0.05, 0.1) is 5.92 Å². The van der Waals surface area contributed by atoms with Gasteiger partial charge in [-0.15, -0.1) is 0 Å². The third-order valence-electron chi connectivity index (χ3n) is 4.29. The topological polar surface area (TPSA) is 75.7 Å². The van der Waals surface area contributed by atoms with Crippen molar-refractivity contribution < 1.29 is 23.5 Å². The van der Waals surface area contributed by atoms with E-state index >= 15 is 0 Å². The molecule has 6 nitrogen and oxygen atoms in total. The van der Waals surface area contributed by atoms with Crippen LogP contribution >= 0.6 is 0 Å². The Morgan fingerprint density at radius 1 is 1.23 bits per heavy atom. The number of halogens is 1. The highest BCUT2D eigenvalue weighted by atomic mass is 19.1.